The van der Waals surface area contributed by atoms with Crippen LogP contribution in [0.25, 0.3) is 0 Å². The largest absolute Gasteiger partial charge is 0.389 e. The molecule has 0 amide bonds. The normalized spacial score (nSPS) is 24.4. The number of aliphatic hydroxyl groups excluding tert-OH is 1. The Kier molecular flexibility index (Phi) is 4.14. The lowest BCUT2D eigenvalue weighted by atomic mass is 10.1. The second kappa shape index (κ2) is 5.49. The minimum absolute atomic E-state index is 0.0130. The van der Waals surface area contributed by atoms with Gasteiger partial charge < -0.3 is 9.84 Å². The molecule has 5 nitrogen and oxygen atoms in total. The van der Waals surface area contributed by atoms with Crippen LogP contribution in [0.5, 0.6) is 0 Å². The number of rotatable bonds is 3. The van der Waals surface area contributed by atoms with Gasteiger partial charge in [-0.25, -0.2) is 21.9 Å². The van der Waals surface area contributed by atoms with E-state index in [9.17, 15) is 22.3 Å². The van der Waals surface area contributed by atoms with Crippen LogP contribution < -0.4 is 4.72 Å². The number of nitrogens with one attached hydrogen (secondary N) is 1. The molecule has 1 saturated heterocycles. The molecule has 0 aliphatic carbocycles. The van der Waals surface area contributed by atoms with Crippen LogP contribution >= 0.6 is 0 Å². The highest BCUT2D eigenvalue weighted by Gasteiger charge is 2.30. The van der Waals surface area contributed by atoms with E-state index in [1.807, 2.05) is 0 Å². The molecule has 0 saturated carbocycles. The number of hydrogen-bond donors (Lipinski definition) is 2. The zero-order valence-electron chi connectivity index (χ0n) is 9.84. The first kappa shape index (κ1) is 14.3. The van der Waals surface area contributed by atoms with Crippen LogP contribution in [-0.4, -0.2) is 38.9 Å². The van der Waals surface area contributed by atoms with Crippen molar-refractivity contribution in [2.75, 3.05) is 13.2 Å². The van der Waals surface area contributed by atoms with Crippen molar-refractivity contribution in [2.24, 2.45) is 0 Å². The number of benzene rings is 1. The summed E-state index contributed by atoms with van der Waals surface area (Å²) in [6.45, 7) is 0.315. The molecule has 0 bridgehead atoms. The van der Waals surface area contributed by atoms with Gasteiger partial charge in [-0.3, -0.25) is 0 Å². The van der Waals surface area contributed by atoms with Crippen LogP contribution in [-0.2, 0) is 14.8 Å². The maximum Gasteiger partial charge on any atom is 0.243 e. The number of hydrogen-bond acceptors (Lipinski definition) is 4. The Labute approximate surface area is 109 Å². The zero-order valence-corrected chi connectivity index (χ0v) is 10.7. The Morgan fingerprint density at radius 2 is 2.11 bits per heavy atom. The van der Waals surface area contributed by atoms with Crippen molar-refractivity contribution >= 4 is 10.0 Å². The molecule has 1 fully saturated rings. The van der Waals surface area contributed by atoms with Crippen molar-refractivity contribution in [2.45, 2.75) is 23.5 Å². The topological polar surface area (TPSA) is 75.6 Å². The summed E-state index contributed by atoms with van der Waals surface area (Å²) in [5, 5.41) is 9.59. The Bertz CT molecular complexity index is 564. The van der Waals surface area contributed by atoms with Gasteiger partial charge in [0.05, 0.1) is 18.8 Å². The van der Waals surface area contributed by atoms with E-state index in [0.717, 1.165) is 12.1 Å². The molecule has 1 heterocycles. The number of sulfonamides is 1. The lowest BCUT2D eigenvalue weighted by Gasteiger charge is -2.28. The Hall–Kier alpha value is -1.09. The van der Waals surface area contributed by atoms with Crippen LogP contribution in [0.3, 0.4) is 0 Å². The zero-order chi connectivity index (χ0) is 14.0. The summed E-state index contributed by atoms with van der Waals surface area (Å²) in [5.74, 6) is -2.03. The third-order valence-corrected chi connectivity index (χ3v) is 4.34. The van der Waals surface area contributed by atoms with Crippen molar-refractivity contribution in [3.8, 4) is 0 Å². The van der Waals surface area contributed by atoms with E-state index in [4.69, 9.17) is 4.74 Å². The quantitative estimate of drug-likeness (QED) is 0.845. The second-order valence-corrected chi connectivity index (χ2v) is 5.92. The summed E-state index contributed by atoms with van der Waals surface area (Å²) in [5.41, 5.74) is 0. The molecule has 1 aliphatic rings. The number of aliphatic hydroxyl groups is 1. The van der Waals surface area contributed by atoms with Gasteiger partial charge in [0.15, 0.2) is 0 Å². The Balaban J connectivity index is 2.22. The van der Waals surface area contributed by atoms with Gasteiger partial charge in [0.1, 0.15) is 16.5 Å². The first-order chi connectivity index (χ1) is 8.90. The molecule has 0 spiro atoms. The van der Waals surface area contributed by atoms with E-state index in [-0.39, 0.29) is 13.0 Å². The average molecular weight is 293 g/mol. The molecule has 0 aromatic heterocycles. The molecule has 106 valence electrons. The van der Waals surface area contributed by atoms with E-state index in [0.29, 0.717) is 12.7 Å². The fraction of sp³-hybridized carbons (Fsp3) is 0.455. The molecule has 2 rings (SSSR count). The van der Waals surface area contributed by atoms with Crippen LogP contribution in [0.1, 0.15) is 6.42 Å². The van der Waals surface area contributed by atoms with Gasteiger partial charge in [0, 0.05) is 12.7 Å². The highest BCUT2D eigenvalue weighted by atomic mass is 32.2. The third-order valence-electron chi connectivity index (χ3n) is 2.82. The van der Waals surface area contributed by atoms with Crippen LogP contribution in [0.4, 0.5) is 8.78 Å². The smallest absolute Gasteiger partial charge is 0.243 e. The summed E-state index contributed by atoms with van der Waals surface area (Å²) in [7, 11) is -4.15. The Morgan fingerprint density at radius 3 is 2.74 bits per heavy atom. The minimum atomic E-state index is -4.15. The van der Waals surface area contributed by atoms with Gasteiger partial charge in [-0.05, 0) is 18.6 Å². The molecular formula is C11H13F2NO4S. The van der Waals surface area contributed by atoms with Crippen molar-refractivity contribution in [1.82, 2.24) is 4.72 Å². The van der Waals surface area contributed by atoms with Crippen molar-refractivity contribution in [3.63, 3.8) is 0 Å². The summed E-state index contributed by atoms with van der Waals surface area (Å²) in [6.07, 6.45) is -0.713. The maximum absolute atomic E-state index is 13.5. The summed E-state index contributed by atoms with van der Waals surface area (Å²) < 4.78 is 57.3. The molecule has 1 aromatic rings. The first-order valence-corrected chi connectivity index (χ1v) is 7.11. The van der Waals surface area contributed by atoms with Gasteiger partial charge in [0.25, 0.3) is 0 Å². The predicted molar refractivity (Wildman–Crippen MR) is 61.9 cm³/mol. The van der Waals surface area contributed by atoms with Crippen molar-refractivity contribution in [1.29, 1.82) is 0 Å². The summed E-state index contributed by atoms with van der Waals surface area (Å²) >= 11 is 0. The fourth-order valence-corrected chi connectivity index (χ4v) is 3.18. The fourth-order valence-electron chi connectivity index (χ4n) is 1.82. The number of ether oxygens (including phenoxy) is 1. The SMILES string of the molecule is O=S(=O)(N[C@@H]1CCOC[C@H]1O)c1ccc(F)cc1F. The van der Waals surface area contributed by atoms with E-state index in [1.165, 1.54) is 0 Å². The first-order valence-electron chi connectivity index (χ1n) is 5.63. The highest BCUT2D eigenvalue weighted by Crippen LogP contribution is 2.17. The van der Waals surface area contributed by atoms with Crippen molar-refractivity contribution in [3.05, 3.63) is 29.8 Å². The molecule has 8 heteroatoms. The van der Waals surface area contributed by atoms with Crippen molar-refractivity contribution < 1.29 is 27.0 Å². The monoisotopic (exact) mass is 293 g/mol. The van der Waals surface area contributed by atoms with Crippen LogP contribution in [0.2, 0.25) is 0 Å². The third kappa shape index (κ3) is 3.27. The Morgan fingerprint density at radius 1 is 1.37 bits per heavy atom. The van der Waals surface area contributed by atoms with E-state index in [2.05, 4.69) is 4.72 Å². The second-order valence-electron chi connectivity index (χ2n) is 4.23. The van der Waals surface area contributed by atoms with Gasteiger partial charge in [-0.1, -0.05) is 0 Å². The molecule has 2 N–H and O–H groups in total. The molecule has 0 radical (unpaired) electrons. The molecule has 0 unspecified atom stereocenters. The lowest BCUT2D eigenvalue weighted by molar-refractivity contribution is -0.0222. The molecule has 19 heavy (non-hydrogen) atoms. The van der Waals surface area contributed by atoms with E-state index < -0.39 is 38.7 Å². The predicted octanol–water partition coefficient (Wildman–Crippen LogP) is 0.393. The molecule has 2 atom stereocenters. The molecular weight excluding hydrogens is 280 g/mol. The summed E-state index contributed by atoms with van der Waals surface area (Å²) in [4.78, 5) is -0.646. The van der Waals surface area contributed by atoms with E-state index in [1.54, 1.807) is 0 Å². The van der Waals surface area contributed by atoms with Gasteiger partial charge in [0.2, 0.25) is 10.0 Å². The molecule has 1 aromatic carbocycles. The van der Waals surface area contributed by atoms with E-state index >= 15 is 0 Å². The van der Waals surface area contributed by atoms with Gasteiger partial charge in [-0.2, -0.15) is 0 Å². The van der Waals surface area contributed by atoms with Crippen LogP contribution in [0, 0.1) is 11.6 Å². The average Bonchev–Trinajstić information content (AvgIpc) is 2.31. The standard InChI is InChI=1S/C11H13F2NO4S/c12-7-1-2-11(8(13)5-7)19(16,17)14-9-3-4-18-6-10(9)15/h1-2,5,9-10,14-15H,3-4,6H2/t9-,10-/m1/s1. The van der Waals surface area contributed by atoms with Gasteiger partial charge >= 0.3 is 0 Å². The summed E-state index contributed by atoms with van der Waals surface area (Å²) in [6, 6.07) is 1.45. The lowest BCUT2D eigenvalue weighted by Crippen LogP contribution is -2.48. The number of halogens is 2. The molecule has 1 aliphatic heterocycles. The van der Waals surface area contributed by atoms with Gasteiger partial charge in [-0.15, -0.1) is 0 Å². The van der Waals surface area contributed by atoms with Crippen LogP contribution in [0.15, 0.2) is 23.1 Å². The maximum atomic E-state index is 13.5. The minimum Gasteiger partial charge on any atom is -0.389 e. The highest BCUT2D eigenvalue weighted by molar-refractivity contribution is 7.89.